The quantitative estimate of drug-likeness (QED) is 0.808. The van der Waals surface area contributed by atoms with Crippen LogP contribution in [-0.2, 0) is 4.74 Å². The summed E-state index contributed by atoms with van der Waals surface area (Å²) >= 11 is 3.36. The van der Waals surface area contributed by atoms with Crippen molar-refractivity contribution in [1.82, 2.24) is 5.32 Å². The predicted molar refractivity (Wildman–Crippen MR) is 65.0 cm³/mol. The molecule has 1 unspecified atom stereocenters. The highest BCUT2D eigenvalue weighted by atomic mass is 79.9. The fourth-order valence-electron chi connectivity index (χ4n) is 1.20. The van der Waals surface area contributed by atoms with E-state index < -0.39 is 0 Å². The molecule has 0 heterocycles. The van der Waals surface area contributed by atoms with Gasteiger partial charge in [0.05, 0.1) is 17.0 Å². The number of phenolic OH excluding ortho intramolecular Hbond substituents is 1. The average Bonchev–Trinajstić information content (AvgIpc) is 2.27. The number of aromatic hydroxyl groups is 1. The number of nitrogens with one attached hydrogen (secondary N) is 1. The van der Waals surface area contributed by atoms with E-state index in [4.69, 9.17) is 4.74 Å². The van der Waals surface area contributed by atoms with Crippen molar-refractivity contribution in [2.45, 2.75) is 4.83 Å². The van der Waals surface area contributed by atoms with Gasteiger partial charge in [-0.25, -0.2) is 0 Å². The number of benzene rings is 1. The number of alkyl halides is 1. The second-order valence-electron chi connectivity index (χ2n) is 3.28. The van der Waals surface area contributed by atoms with Crippen molar-refractivity contribution in [2.24, 2.45) is 0 Å². The zero-order valence-corrected chi connectivity index (χ0v) is 10.5. The Hall–Kier alpha value is -1.07. The van der Waals surface area contributed by atoms with Gasteiger partial charge in [-0.05, 0) is 12.1 Å². The van der Waals surface area contributed by atoms with Crippen LogP contribution in [0.25, 0.3) is 0 Å². The molecule has 0 radical (unpaired) electrons. The van der Waals surface area contributed by atoms with Gasteiger partial charge in [0.1, 0.15) is 5.75 Å². The third-order valence-corrected chi connectivity index (χ3v) is 2.57. The number of carbonyl (C=O) groups is 1. The molecule has 1 aromatic carbocycles. The summed E-state index contributed by atoms with van der Waals surface area (Å²) in [5.41, 5.74) is 0.277. The third-order valence-electron chi connectivity index (χ3n) is 1.98. The third kappa shape index (κ3) is 3.83. The number of methoxy groups -OCH3 is 1. The lowest BCUT2D eigenvalue weighted by Gasteiger charge is -2.10. The molecule has 0 saturated carbocycles. The molecule has 16 heavy (non-hydrogen) atoms. The van der Waals surface area contributed by atoms with Gasteiger partial charge in [0.15, 0.2) is 0 Å². The van der Waals surface area contributed by atoms with Crippen LogP contribution in [0.5, 0.6) is 5.75 Å². The summed E-state index contributed by atoms with van der Waals surface area (Å²) in [6, 6.07) is 6.43. The van der Waals surface area contributed by atoms with Crippen molar-refractivity contribution in [3.8, 4) is 5.75 Å². The highest BCUT2D eigenvalue weighted by molar-refractivity contribution is 9.09. The first-order valence-electron chi connectivity index (χ1n) is 4.84. The second-order valence-corrected chi connectivity index (χ2v) is 4.57. The maximum atomic E-state index is 11.6. The van der Waals surface area contributed by atoms with Crippen LogP contribution >= 0.6 is 15.9 Å². The molecular formula is C11H14BrNO3. The summed E-state index contributed by atoms with van der Waals surface area (Å²) in [6.45, 7) is 0.960. The summed E-state index contributed by atoms with van der Waals surface area (Å²) in [7, 11) is 1.60. The van der Waals surface area contributed by atoms with E-state index >= 15 is 0 Å². The van der Waals surface area contributed by atoms with Crippen molar-refractivity contribution < 1.29 is 14.6 Å². The highest BCUT2D eigenvalue weighted by Gasteiger charge is 2.11. The predicted octanol–water partition coefficient (Wildman–Crippen LogP) is 1.53. The highest BCUT2D eigenvalue weighted by Crippen LogP contribution is 2.15. The molecule has 88 valence electrons. The molecule has 1 rings (SSSR count). The molecule has 0 aromatic heterocycles. The van der Waals surface area contributed by atoms with E-state index in [-0.39, 0.29) is 22.0 Å². The van der Waals surface area contributed by atoms with E-state index in [9.17, 15) is 9.90 Å². The van der Waals surface area contributed by atoms with Crippen LogP contribution in [0, 0.1) is 0 Å². The van der Waals surface area contributed by atoms with Crippen molar-refractivity contribution >= 4 is 21.8 Å². The van der Waals surface area contributed by atoms with Gasteiger partial charge in [-0.2, -0.15) is 0 Å². The van der Waals surface area contributed by atoms with Crippen LogP contribution in [0.15, 0.2) is 24.3 Å². The number of carbonyl (C=O) groups excluding carboxylic acids is 1. The normalized spacial score (nSPS) is 12.1. The number of rotatable bonds is 5. The second kappa shape index (κ2) is 6.50. The standard InChI is InChI=1S/C11H14BrNO3/c1-16-7-8(12)6-13-11(15)9-4-2-3-5-10(9)14/h2-5,8,14H,6-7H2,1H3,(H,13,15). The molecule has 5 heteroatoms. The van der Waals surface area contributed by atoms with Gasteiger partial charge in [0.2, 0.25) is 0 Å². The minimum atomic E-state index is -0.293. The van der Waals surface area contributed by atoms with Crippen molar-refractivity contribution in [3.63, 3.8) is 0 Å². The summed E-state index contributed by atoms with van der Waals surface area (Å²) in [4.78, 5) is 11.7. The molecule has 2 N–H and O–H groups in total. The molecule has 0 spiro atoms. The Morgan fingerprint density at radius 2 is 2.25 bits per heavy atom. The van der Waals surface area contributed by atoms with Gasteiger partial charge in [0.25, 0.3) is 5.91 Å². The van der Waals surface area contributed by atoms with E-state index in [0.717, 1.165) is 0 Å². The number of para-hydroxylation sites is 1. The first-order chi connectivity index (χ1) is 7.65. The minimum absolute atomic E-state index is 0.0159. The first-order valence-corrected chi connectivity index (χ1v) is 5.76. The Morgan fingerprint density at radius 3 is 2.88 bits per heavy atom. The van der Waals surface area contributed by atoms with E-state index in [1.807, 2.05) is 0 Å². The van der Waals surface area contributed by atoms with Crippen LogP contribution in [0.2, 0.25) is 0 Å². The van der Waals surface area contributed by atoms with E-state index in [2.05, 4.69) is 21.2 Å². The molecular weight excluding hydrogens is 274 g/mol. The van der Waals surface area contributed by atoms with Crippen LogP contribution in [0.4, 0.5) is 0 Å². The van der Waals surface area contributed by atoms with Crippen LogP contribution in [0.1, 0.15) is 10.4 Å². The van der Waals surface area contributed by atoms with Crippen molar-refractivity contribution in [1.29, 1.82) is 0 Å². The van der Waals surface area contributed by atoms with Gasteiger partial charge in [-0.15, -0.1) is 0 Å². The SMILES string of the molecule is COCC(Br)CNC(=O)c1ccccc1O. The van der Waals surface area contributed by atoms with Gasteiger partial charge in [-0.3, -0.25) is 4.79 Å². The van der Waals surface area contributed by atoms with Crippen LogP contribution < -0.4 is 5.32 Å². The number of halogens is 1. The lowest BCUT2D eigenvalue weighted by molar-refractivity contribution is 0.0947. The monoisotopic (exact) mass is 287 g/mol. The topological polar surface area (TPSA) is 58.6 Å². The summed E-state index contributed by atoms with van der Waals surface area (Å²) in [5, 5.41) is 12.2. The minimum Gasteiger partial charge on any atom is -0.507 e. The van der Waals surface area contributed by atoms with E-state index in [1.54, 1.807) is 25.3 Å². The van der Waals surface area contributed by atoms with E-state index in [0.29, 0.717) is 13.2 Å². The maximum Gasteiger partial charge on any atom is 0.255 e. The van der Waals surface area contributed by atoms with Gasteiger partial charge >= 0.3 is 0 Å². The number of ether oxygens (including phenoxy) is 1. The lowest BCUT2D eigenvalue weighted by Crippen LogP contribution is -2.31. The first kappa shape index (κ1) is 13.0. The Kier molecular flexibility index (Phi) is 5.28. The van der Waals surface area contributed by atoms with E-state index in [1.165, 1.54) is 6.07 Å². The number of hydrogen-bond acceptors (Lipinski definition) is 3. The van der Waals surface area contributed by atoms with Gasteiger partial charge in [0, 0.05) is 13.7 Å². The molecule has 1 aromatic rings. The lowest BCUT2D eigenvalue weighted by atomic mass is 10.2. The van der Waals surface area contributed by atoms with Crippen LogP contribution in [0.3, 0.4) is 0 Å². The molecule has 1 amide bonds. The van der Waals surface area contributed by atoms with Crippen molar-refractivity contribution in [2.75, 3.05) is 20.3 Å². The summed E-state index contributed by atoms with van der Waals surface area (Å²) in [5.74, 6) is -0.309. The summed E-state index contributed by atoms with van der Waals surface area (Å²) < 4.78 is 4.92. The van der Waals surface area contributed by atoms with Crippen LogP contribution in [-0.4, -0.2) is 36.1 Å². The molecule has 1 atom stereocenters. The number of hydrogen-bond donors (Lipinski definition) is 2. The number of phenols is 1. The van der Waals surface area contributed by atoms with Crippen molar-refractivity contribution in [3.05, 3.63) is 29.8 Å². The Morgan fingerprint density at radius 1 is 1.56 bits per heavy atom. The summed E-state index contributed by atoms with van der Waals surface area (Å²) in [6.07, 6.45) is 0. The van der Waals surface area contributed by atoms with Gasteiger partial charge in [-0.1, -0.05) is 28.1 Å². The maximum absolute atomic E-state index is 11.6. The molecule has 0 bridgehead atoms. The zero-order chi connectivity index (χ0) is 12.0. The Bertz CT molecular complexity index is 357. The molecule has 0 fully saturated rings. The molecule has 0 aliphatic heterocycles. The van der Waals surface area contributed by atoms with Gasteiger partial charge < -0.3 is 15.2 Å². The molecule has 0 saturated heterocycles. The zero-order valence-electron chi connectivity index (χ0n) is 8.94. The number of amides is 1. The fraction of sp³-hybridized carbons (Fsp3) is 0.364. The molecule has 0 aliphatic carbocycles. The Labute approximate surface area is 103 Å². The average molecular weight is 288 g/mol. The molecule has 0 aliphatic rings. The Balaban J connectivity index is 2.50. The largest absolute Gasteiger partial charge is 0.507 e. The fourth-order valence-corrected chi connectivity index (χ4v) is 1.63. The smallest absolute Gasteiger partial charge is 0.255 e. The molecule has 4 nitrogen and oxygen atoms in total.